The highest BCUT2D eigenvalue weighted by Crippen LogP contribution is 2.44. The number of nitrogens with one attached hydrogen (secondary N) is 1. The molecule has 0 bridgehead atoms. The van der Waals surface area contributed by atoms with Gasteiger partial charge in [-0.25, -0.2) is 0 Å². The van der Waals surface area contributed by atoms with Gasteiger partial charge >= 0.3 is 0 Å². The number of benzene rings is 3. The number of rotatable bonds is 6. The lowest BCUT2D eigenvalue weighted by Crippen LogP contribution is -2.74. The van der Waals surface area contributed by atoms with Crippen LogP contribution in [0.4, 0.5) is 0 Å². The Labute approximate surface area is 199 Å². The molecule has 2 nitrogen and oxygen atoms in total. The van der Waals surface area contributed by atoms with E-state index >= 15 is 0 Å². The monoisotopic (exact) mass is 453 g/mol. The summed E-state index contributed by atoms with van der Waals surface area (Å²) < 4.78 is 6.17. The number of methoxy groups -OCH3 is 1. The Bertz CT molecular complexity index is 1150. The van der Waals surface area contributed by atoms with Crippen molar-refractivity contribution in [3.63, 3.8) is 0 Å². The van der Waals surface area contributed by atoms with Gasteiger partial charge in [0.1, 0.15) is 5.76 Å². The number of fused-ring (bicyclic) bond motifs is 2. The van der Waals surface area contributed by atoms with Gasteiger partial charge in [-0.2, -0.15) is 0 Å². The zero-order valence-corrected chi connectivity index (χ0v) is 21.5. The first-order valence-electron chi connectivity index (χ1n) is 12.3. The van der Waals surface area contributed by atoms with Crippen molar-refractivity contribution in [1.82, 2.24) is 4.98 Å². The molecule has 0 aromatic heterocycles. The van der Waals surface area contributed by atoms with Gasteiger partial charge in [0.15, 0.2) is 0 Å². The normalized spacial score (nSPS) is 17.2. The molecule has 170 valence electrons. The Hall–Kier alpha value is -2.62. The topological polar surface area (TPSA) is 21.3 Å². The number of hydrogen-bond donors (Lipinski definition) is 1. The summed E-state index contributed by atoms with van der Waals surface area (Å²) in [5, 5.41) is 2.82. The second-order valence-electron chi connectivity index (χ2n) is 10.1. The zero-order valence-electron chi connectivity index (χ0n) is 20.5. The van der Waals surface area contributed by atoms with Gasteiger partial charge in [0.2, 0.25) is 8.24 Å². The van der Waals surface area contributed by atoms with Crippen LogP contribution in [-0.2, 0) is 17.6 Å². The molecule has 0 saturated heterocycles. The summed E-state index contributed by atoms with van der Waals surface area (Å²) in [6.45, 7) is 8.89. The molecule has 33 heavy (non-hydrogen) atoms. The summed E-state index contributed by atoms with van der Waals surface area (Å²) in [5.41, 5.74) is 8.62. The Morgan fingerprint density at radius 3 is 1.91 bits per heavy atom. The minimum absolute atomic E-state index is 0.191. The number of ether oxygens (including phenoxy) is 1. The molecule has 1 atom stereocenters. The van der Waals surface area contributed by atoms with E-state index in [1.165, 1.54) is 63.0 Å². The molecule has 2 aliphatic rings. The van der Waals surface area contributed by atoms with Crippen molar-refractivity contribution < 1.29 is 4.74 Å². The number of hydrogen-bond acceptors (Lipinski definition) is 2. The molecule has 2 aliphatic carbocycles. The van der Waals surface area contributed by atoms with Crippen LogP contribution in [0, 0.1) is 13.8 Å². The molecule has 5 rings (SSSR count). The van der Waals surface area contributed by atoms with Crippen LogP contribution in [-0.4, -0.2) is 21.4 Å². The van der Waals surface area contributed by atoms with Crippen LogP contribution in [0.3, 0.4) is 0 Å². The smallest absolute Gasteiger partial charge is 0.205 e. The fourth-order valence-corrected chi connectivity index (χ4v) is 11.0. The van der Waals surface area contributed by atoms with Gasteiger partial charge in [0.05, 0.1) is 12.7 Å². The minimum atomic E-state index is -2.53. The molecule has 1 unspecified atom stereocenters. The van der Waals surface area contributed by atoms with Gasteiger partial charge < -0.3 is 9.72 Å². The third kappa shape index (κ3) is 3.77. The standard InChI is InChI=1S/C30H35NOSi/c1-20(2)31-33(26-13-9-21(3)10-14-26,27-15-11-22(4)12-16-27)30-28-18-24-8-6-7-23(24)17-25(28)19-29(30)32-5/h9-20,30-31H,6-8H2,1-5H3. The van der Waals surface area contributed by atoms with E-state index in [9.17, 15) is 0 Å². The molecule has 1 N–H and O–H groups in total. The summed E-state index contributed by atoms with van der Waals surface area (Å²) >= 11 is 0. The van der Waals surface area contributed by atoms with Gasteiger partial charge in [0, 0.05) is 0 Å². The first-order valence-corrected chi connectivity index (χ1v) is 14.3. The second-order valence-corrected chi connectivity index (χ2v) is 13.8. The molecule has 0 amide bonds. The first kappa shape index (κ1) is 22.2. The lowest BCUT2D eigenvalue weighted by Gasteiger charge is -2.41. The molecule has 3 aromatic carbocycles. The Balaban J connectivity index is 1.81. The van der Waals surface area contributed by atoms with Gasteiger partial charge in [-0.3, -0.25) is 0 Å². The predicted octanol–water partition coefficient (Wildman–Crippen LogP) is 5.17. The van der Waals surface area contributed by atoms with Crippen molar-refractivity contribution in [1.29, 1.82) is 0 Å². The molecule has 0 aliphatic heterocycles. The van der Waals surface area contributed by atoms with E-state index < -0.39 is 8.24 Å². The minimum Gasteiger partial charge on any atom is -0.501 e. The SMILES string of the molecule is COC1=Cc2cc3c(cc2C1[Si](NC(C)C)(c1ccc(C)cc1)c1ccc(C)cc1)CCC3. The second kappa shape index (κ2) is 8.62. The van der Waals surface area contributed by atoms with Crippen molar-refractivity contribution >= 4 is 24.7 Å². The van der Waals surface area contributed by atoms with Crippen LogP contribution in [0.1, 0.15) is 59.2 Å². The van der Waals surface area contributed by atoms with Crippen LogP contribution in [0.2, 0.25) is 0 Å². The summed E-state index contributed by atoms with van der Waals surface area (Å²) in [7, 11) is -0.690. The Morgan fingerprint density at radius 1 is 0.848 bits per heavy atom. The van der Waals surface area contributed by atoms with Gasteiger partial charge in [-0.1, -0.05) is 85.6 Å². The number of aryl methyl sites for hydroxylation is 4. The molecule has 0 radical (unpaired) electrons. The van der Waals surface area contributed by atoms with Crippen molar-refractivity contribution in [2.75, 3.05) is 7.11 Å². The van der Waals surface area contributed by atoms with Gasteiger partial charge in [0.25, 0.3) is 0 Å². The highest BCUT2D eigenvalue weighted by atomic mass is 28.3. The van der Waals surface area contributed by atoms with Gasteiger partial charge in [-0.05, 0) is 77.9 Å². The molecule has 0 heterocycles. The van der Waals surface area contributed by atoms with Crippen LogP contribution in [0.25, 0.3) is 6.08 Å². The first-order chi connectivity index (χ1) is 15.9. The highest BCUT2D eigenvalue weighted by Gasteiger charge is 2.51. The maximum absolute atomic E-state index is 6.17. The van der Waals surface area contributed by atoms with E-state index in [2.05, 4.69) is 99.4 Å². The predicted molar refractivity (Wildman–Crippen MR) is 142 cm³/mol. The largest absolute Gasteiger partial charge is 0.501 e. The van der Waals surface area contributed by atoms with Crippen LogP contribution < -0.4 is 15.4 Å². The Morgan fingerprint density at radius 2 is 1.39 bits per heavy atom. The van der Waals surface area contributed by atoms with Crippen molar-refractivity contribution in [2.24, 2.45) is 0 Å². The summed E-state index contributed by atoms with van der Waals surface area (Å²) in [4.78, 5) is 4.20. The summed E-state index contributed by atoms with van der Waals surface area (Å²) in [6.07, 6.45) is 5.97. The summed E-state index contributed by atoms with van der Waals surface area (Å²) in [6, 6.07) is 23.8. The molecular weight excluding hydrogens is 418 g/mol. The lowest BCUT2D eigenvalue weighted by atomic mass is 10.0. The zero-order chi connectivity index (χ0) is 23.2. The van der Waals surface area contributed by atoms with E-state index in [-0.39, 0.29) is 5.54 Å². The molecule has 0 fully saturated rings. The molecule has 3 heteroatoms. The average molecular weight is 454 g/mol. The van der Waals surface area contributed by atoms with Crippen LogP contribution >= 0.6 is 0 Å². The van der Waals surface area contributed by atoms with Crippen LogP contribution in [0.5, 0.6) is 0 Å². The van der Waals surface area contributed by atoms with E-state index in [0.29, 0.717) is 6.04 Å². The van der Waals surface area contributed by atoms with Crippen molar-refractivity contribution in [3.05, 3.63) is 99.8 Å². The fraction of sp³-hybridized carbons (Fsp3) is 0.333. The number of allylic oxidation sites excluding steroid dienone is 1. The maximum Gasteiger partial charge on any atom is 0.205 e. The third-order valence-corrected chi connectivity index (χ3v) is 12.4. The van der Waals surface area contributed by atoms with E-state index in [0.717, 1.165) is 5.76 Å². The molecular formula is C30H35NOSi. The van der Waals surface area contributed by atoms with Crippen molar-refractivity contribution in [3.8, 4) is 0 Å². The Kier molecular flexibility index (Phi) is 5.80. The molecule has 3 aromatic rings. The highest BCUT2D eigenvalue weighted by molar-refractivity contribution is 7.02. The van der Waals surface area contributed by atoms with E-state index in [1.807, 2.05) is 7.11 Å². The summed E-state index contributed by atoms with van der Waals surface area (Å²) in [5.74, 6) is 1.09. The molecule has 0 saturated carbocycles. The van der Waals surface area contributed by atoms with E-state index in [4.69, 9.17) is 4.74 Å². The van der Waals surface area contributed by atoms with Crippen molar-refractivity contribution in [2.45, 2.75) is 58.5 Å². The van der Waals surface area contributed by atoms with Crippen LogP contribution in [0.15, 0.2) is 66.4 Å². The van der Waals surface area contributed by atoms with E-state index in [1.54, 1.807) is 0 Å². The molecule has 0 spiro atoms. The van der Waals surface area contributed by atoms with Gasteiger partial charge in [-0.15, -0.1) is 0 Å². The fourth-order valence-electron chi connectivity index (χ4n) is 5.89. The quantitative estimate of drug-likeness (QED) is 0.520. The average Bonchev–Trinajstić information content (AvgIpc) is 3.40. The maximum atomic E-state index is 6.17. The lowest BCUT2D eigenvalue weighted by molar-refractivity contribution is 0.284. The third-order valence-electron chi connectivity index (χ3n) is 7.39.